The van der Waals surface area contributed by atoms with Gasteiger partial charge in [-0.15, -0.1) is 0 Å². The van der Waals surface area contributed by atoms with Crippen molar-refractivity contribution < 1.29 is 9.53 Å². The number of carbonyl (C=O) groups excluding carboxylic acids is 1. The molecule has 1 N–H and O–H groups in total. The molecule has 1 aromatic rings. The molecular formula is C16H27N3O2. The van der Waals surface area contributed by atoms with Crippen molar-refractivity contribution in [1.29, 1.82) is 0 Å². The van der Waals surface area contributed by atoms with Gasteiger partial charge in [0.2, 0.25) is 5.91 Å². The smallest absolute Gasteiger partial charge is 0.241 e. The lowest BCUT2D eigenvalue weighted by Gasteiger charge is -2.15. The minimum atomic E-state index is 0.0208. The van der Waals surface area contributed by atoms with Crippen LogP contribution in [0.15, 0.2) is 6.20 Å². The normalized spacial score (nSPS) is 17.8. The van der Waals surface area contributed by atoms with Crippen LogP contribution in [-0.2, 0) is 28.9 Å². The number of aryl methyl sites for hydroxylation is 1. The largest absolute Gasteiger partial charge is 0.379 e. The number of amides is 1. The zero-order chi connectivity index (χ0) is 15.2. The van der Waals surface area contributed by atoms with Gasteiger partial charge in [0.1, 0.15) is 6.54 Å². The van der Waals surface area contributed by atoms with Crippen LogP contribution in [0.4, 0.5) is 0 Å². The highest BCUT2D eigenvalue weighted by Gasteiger charge is 2.18. The molecule has 118 valence electrons. The molecule has 1 amide bonds. The monoisotopic (exact) mass is 293 g/mol. The van der Waals surface area contributed by atoms with Crippen molar-refractivity contribution in [3.05, 3.63) is 17.5 Å². The lowest BCUT2D eigenvalue weighted by Crippen LogP contribution is -2.29. The van der Waals surface area contributed by atoms with Gasteiger partial charge in [-0.3, -0.25) is 9.48 Å². The third-order valence-electron chi connectivity index (χ3n) is 3.77. The molecule has 0 aromatic carbocycles. The number of carbonyl (C=O) groups is 1. The molecular weight excluding hydrogens is 266 g/mol. The molecule has 5 heteroatoms. The second-order valence-corrected chi connectivity index (χ2v) is 6.27. The molecule has 1 aromatic heterocycles. The van der Waals surface area contributed by atoms with Gasteiger partial charge in [-0.2, -0.15) is 5.10 Å². The summed E-state index contributed by atoms with van der Waals surface area (Å²) in [6.07, 6.45) is 6.45. The average molecular weight is 293 g/mol. The predicted molar refractivity (Wildman–Crippen MR) is 82.1 cm³/mol. The van der Waals surface area contributed by atoms with Gasteiger partial charge in [0, 0.05) is 19.3 Å². The Morgan fingerprint density at radius 3 is 3.14 bits per heavy atom. The summed E-state index contributed by atoms with van der Waals surface area (Å²) < 4.78 is 7.22. The second-order valence-electron chi connectivity index (χ2n) is 6.27. The molecule has 1 heterocycles. The highest BCUT2D eigenvalue weighted by molar-refractivity contribution is 5.75. The van der Waals surface area contributed by atoms with Crippen molar-refractivity contribution in [3.63, 3.8) is 0 Å². The fourth-order valence-electron chi connectivity index (χ4n) is 2.65. The number of hydrogen-bond donors (Lipinski definition) is 1. The van der Waals surface area contributed by atoms with Crippen LogP contribution in [0.1, 0.15) is 44.9 Å². The Hall–Kier alpha value is -1.36. The molecule has 0 aliphatic heterocycles. The van der Waals surface area contributed by atoms with E-state index in [-0.39, 0.29) is 12.0 Å². The lowest BCUT2D eigenvalue weighted by molar-refractivity contribution is -0.121. The standard InChI is InChI=1S/C16H27N3O2/c1-12(2)21-8-4-7-17-16(20)11-19-10-14-9-13(3)5-6-15(14)18-19/h10,12-13H,4-9,11H2,1-3H3,(H,17,20). The molecule has 1 aliphatic carbocycles. The van der Waals surface area contributed by atoms with Crippen LogP contribution in [0.5, 0.6) is 0 Å². The Bertz CT molecular complexity index is 468. The van der Waals surface area contributed by atoms with Crippen molar-refractivity contribution in [1.82, 2.24) is 15.1 Å². The van der Waals surface area contributed by atoms with Gasteiger partial charge in [-0.05, 0) is 51.0 Å². The highest BCUT2D eigenvalue weighted by Crippen LogP contribution is 2.23. The summed E-state index contributed by atoms with van der Waals surface area (Å²) >= 11 is 0. The maximum atomic E-state index is 11.9. The molecule has 1 unspecified atom stereocenters. The lowest BCUT2D eigenvalue weighted by atomic mass is 9.89. The SMILES string of the molecule is CC1CCc2nn(CC(=O)NCCCOC(C)C)cc2C1. The van der Waals surface area contributed by atoms with Crippen molar-refractivity contribution in [2.45, 2.75) is 59.1 Å². The number of nitrogens with one attached hydrogen (secondary N) is 1. The van der Waals surface area contributed by atoms with E-state index in [9.17, 15) is 4.79 Å². The maximum absolute atomic E-state index is 11.9. The fraction of sp³-hybridized carbons (Fsp3) is 0.750. The molecule has 2 rings (SSSR count). The van der Waals surface area contributed by atoms with E-state index in [1.165, 1.54) is 17.7 Å². The van der Waals surface area contributed by atoms with Gasteiger partial charge >= 0.3 is 0 Å². The Kier molecular flexibility index (Phi) is 5.79. The van der Waals surface area contributed by atoms with Crippen LogP contribution in [0, 0.1) is 5.92 Å². The second kappa shape index (κ2) is 7.59. The first kappa shape index (κ1) is 16.0. The Labute approximate surface area is 127 Å². The van der Waals surface area contributed by atoms with E-state index in [2.05, 4.69) is 17.3 Å². The molecule has 0 saturated heterocycles. The van der Waals surface area contributed by atoms with Crippen LogP contribution in [0.2, 0.25) is 0 Å². The Balaban J connectivity index is 1.71. The Morgan fingerprint density at radius 2 is 2.38 bits per heavy atom. The van der Waals surface area contributed by atoms with Crippen LogP contribution in [-0.4, -0.2) is 34.9 Å². The van der Waals surface area contributed by atoms with E-state index in [1.54, 1.807) is 4.68 Å². The van der Waals surface area contributed by atoms with E-state index >= 15 is 0 Å². The molecule has 0 saturated carbocycles. The molecule has 0 radical (unpaired) electrons. The zero-order valence-electron chi connectivity index (χ0n) is 13.4. The van der Waals surface area contributed by atoms with E-state index in [0.717, 1.165) is 25.2 Å². The van der Waals surface area contributed by atoms with E-state index in [0.29, 0.717) is 19.7 Å². The first-order chi connectivity index (χ1) is 10.0. The zero-order valence-corrected chi connectivity index (χ0v) is 13.4. The third kappa shape index (κ3) is 5.16. The molecule has 5 nitrogen and oxygen atoms in total. The number of hydrogen-bond acceptors (Lipinski definition) is 3. The van der Waals surface area contributed by atoms with Gasteiger partial charge in [-0.25, -0.2) is 0 Å². The topological polar surface area (TPSA) is 56.2 Å². The number of nitrogens with zero attached hydrogens (tertiary/aromatic N) is 2. The summed E-state index contributed by atoms with van der Waals surface area (Å²) in [6, 6.07) is 0. The van der Waals surface area contributed by atoms with E-state index < -0.39 is 0 Å². The van der Waals surface area contributed by atoms with Crippen LogP contribution in [0.3, 0.4) is 0 Å². The minimum Gasteiger partial charge on any atom is -0.379 e. The van der Waals surface area contributed by atoms with Gasteiger partial charge in [-0.1, -0.05) is 6.92 Å². The first-order valence-electron chi connectivity index (χ1n) is 7.98. The van der Waals surface area contributed by atoms with Gasteiger partial charge in [0.15, 0.2) is 0 Å². The Morgan fingerprint density at radius 1 is 1.57 bits per heavy atom. The summed E-state index contributed by atoms with van der Waals surface area (Å²) in [5, 5.41) is 7.44. The minimum absolute atomic E-state index is 0.0208. The summed E-state index contributed by atoms with van der Waals surface area (Å²) in [5.41, 5.74) is 2.48. The van der Waals surface area contributed by atoms with Crippen molar-refractivity contribution in [2.24, 2.45) is 5.92 Å². The molecule has 21 heavy (non-hydrogen) atoms. The fourth-order valence-corrected chi connectivity index (χ4v) is 2.65. The number of rotatable bonds is 7. The van der Waals surface area contributed by atoms with Crippen LogP contribution >= 0.6 is 0 Å². The van der Waals surface area contributed by atoms with Crippen molar-refractivity contribution >= 4 is 5.91 Å². The van der Waals surface area contributed by atoms with Gasteiger partial charge in [0.05, 0.1) is 11.8 Å². The van der Waals surface area contributed by atoms with Crippen LogP contribution in [0.25, 0.3) is 0 Å². The molecule has 1 aliphatic rings. The van der Waals surface area contributed by atoms with Crippen molar-refractivity contribution in [3.8, 4) is 0 Å². The molecule has 0 fully saturated rings. The quantitative estimate of drug-likeness (QED) is 0.782. The van der Waals surface area contributed by atoms with Gasteiger partial charge in [0.25, 0.3) is 0 Å². The van der Waals surface area contributed by atoms with Gasteiger partial charge < -0.3 is 10.1 Å². The predicted octanol–water partition coefficient (Wildman–Crippen LogP) is 1.94. The summed E-state index contributed by atoms with van der Waals surface area (Å²) in [5.74, 6) is 0.748. The van der Waals surface area contributed by atoms with Crippen molar-refractivity contribution in [2.75, 3.05) is 13.2 Å². The third-order valence-corrected chi connectivity index (χ3v) is 3.77. The van der Waals surface area contributed by atoms with E-state index in [4.69, 9.17) is 4.74 Å². The maximum Gasteiger partial charge on any atom is 0.241 e. The number of fused-ring (bicyclic) bond motifs is 1. The average Bonchev–Trinajstić information content (AvgIpc) is 2.79. The molecule has 1 atom stereocenters. The molecule has 0 spiro atoms. The summed E-state index contributed by atoms with van der Waals surface area (Å²) in [4.78, 5) is 11.9. The number of ether oxygens (including phenoxy) is 1. The summed E-state index contributed by atoms with van der Waals surface area (Å²) in [6.45, 7) is 7.95. The number of aromatic nitrogens is 2. The first-order valence-corrected chi connectivity index (χ1v) is 7.98. The summed E-state index contributed by atoms with van der Waals surface area (Å²) in [7, 11) is 0. The van der Waals surface area contributed by atoms with Crippen LogP contribution < -0.4 is 5.32 Å². The van der Waals surface area contributed by atoms with E-state index in [1.807, 2.05) is 20.0 Å². The highest BCUT2D eigenvalue weighted by atomic mass is 16.5. The molecule has 0 bridgehead atoms.